The molecular formula is C42H44N6O10. The molecule has 4 aromatic carbocycles. The molecule has 3 heterocycles. The molecular weight excluding hydrogens is 748 g/mol. The Morgan fingerprint density at radius 2 is 1.52 bits per heavy atom. The maximum atomic E-state index is 12.7. The molecule has 302 valence electrons. The van der Waals surface area contributed by atoms with Crippen LogP contribution in [-0.4, -0.2) is 104 Å². The van der Waals surface area contributed by atoms with Crippen molar-refractivity contribution in [3.63, 3.8) is 0 Å². The molecule has 58 heavy (non-hydrogen) atoms. The Kier molecular flexibility index (Phi) is 11.0. The molecule has 7 rings (SSSR count). The van der Waals surface area contributed by atoms with Gasteiger partial charge in [-0.1, -0.05) is 42.3 Å². The summed E-state index contributed by atoms with van der Waals surface area (Å²) in [4.78, 5) is 16.3. The lowest BCUT2D eigenvalue weighted by Crippen LogP contribution is -2.50. The Morgan fingerprint density at radius 3 is 2.16 bits per heavy atom. The van der Waals surface area contributed by atoms with Crippen LogP contribution < -0.4 is 18.9 Å². The number of rotatable bonds is 12. The van der Waals surface area contributed by atoms with E-state index in [-0.39, 0.29) is 35.8 Å². The van der Waals surface area contributed by atoms with Crippen molar-refractivity contribution < 1.29 is 48.7 Å². The summed E-state index contributed by atoms with van der Waals surface area (Å²) in [6.07, 6.45) is 0.559. The number of benzene rings is 4. The second-order valence-corrected chi connectivity index (χ2v) is 14.1. The van der Waals surface area contributed by atoms with Gasteiger partial charge in [-0.2, -0.15) is 0 Å². The highest BCUT2D eigenvalue weighted by Gasteiger charge is 2.34. The van der Waals surface area contributed by atoms with Crippen molar-refractivity contribution in [3.05, 3.63) is 89.6 Å². The lowest BCUT2D eigenvalue weighted by atomic mass is 9.95. The van der Waals surface area contributed by atoms with E-state index >= 15 is 0 Å². The Bertz CT molecular complexity index is 2420. The van der Waals surface area contributed by atoms with Gasteiger partial charge in [0.05, 0.1) is 51.9 Å². The third-order valence-corrected chi connectivity index (χ3v) is 10.4. The molecule has 1 aliphatic rings. The maximum Gasteiger partial charge on any atom is 0.407 e. The molecule has 2 aromatic heterocycles. The number of aromatic hydroxyl groups is 3. The first-order valence-corrected chi connectivity index (χ1v) is 18.4. The molecule has 1 atom stereocenters. The number of hydrogen-bond acceptors (Lipinski definition) is 13. The standard InChI is InChI=1S/C42H44N6O10/c1-23(2)28-18-30(34(50)19-33(28)49)40-44-45-41(51)48(40)27-10-7-24(8-11-27)21-46-13-14-47(42(52)53)32(22-46)29-15-25(9-12-35(29)54-3)31-20-43-58-38(31)26-16-36(55-4)39(57-6)37(17-26)56-5/h7-12,15-20,23,32,49-50H,13-14,21-22H2,1-6H3,(H,45,51)(H,52,53). The first-order chi connectivity index (χ1) is 28.0. The molecule has 4 N–H and O–H groups in total. The van der Waals surface area contributed by atoms with E-state index in [2.05, 4.69) is 20.3 Å². The zero-order chi connectivity index (χ0) is 41.2. The first kappa shape index (κ1) is 39.3. The number of carbonyl (C=O) groups is 1. The number of aromatic nitrogens is 4. The fourth-order valence-corrected chi connectivity index (χ4v) is 7.44. The quantitative estimate of drug-likeness (QED) is 0.0982. The number of amides is 1. The number of carboxylic acid groups (broad SMARTS) is 1. The Hall–Kier alpha value is -6.94. The van der Waals surface area contributed by atoms with Gasteiger partial charge in [0.2, 0.25) is 5.75 Å². The highest BCUT2D eigenvalue weighted by atomic mass is 16.5. The number of piperazine rings is 1. The van der Waals surface area contributed by atoms with Gasteiger partial charge in [-0.05, 0) is 65.1 Å². The average Bonchev–Trinajstić information content (AvgIpc) is 3.87. The summed E-state index contributed by atoms with van der Waals surface area (Å²) in [7, 11) is 6.15. The smallest absolute Gasteiger partial charge is 0.407 e. The lowest BCUT2D eigenvalue weighted by Gasteiger charge is -2.40. The third kappa shape index (κ3) is 7.36. The molecule has 16 nitrogen and oxygen atoms in total. The van der Waals surface area contributed by atoms with Gasteiger partial charge in [0, 0.05) is 48.9 Å². The summed E-state index contributed by atoms with van der Waals surface area (Å²) in [5.74, 6) is 2.23. The van der Waals surface area contributed by atoms with Crippen LogP contribution in [0.2, 0.25) is 0 Å². The number of hydrogen-bond donors (Lipinski definition) is 4. The van der Waals surface area contributed by atoms with E-state index in [9.17, 15) is 25.2 Å². The highest BCUT2D eigenvalue weighted by Crippen LogP contribution is 2.45. The van der Waals surface area contributed by atoms with Gasteiger partial charge in [0.1, 0.15) is 17.2 Å². The molecule has 1 saturated heterocycles. The van der Waals surface area contributed by atoms with Gasteiger partial charge in [-0.25, -0.2) is 9.36 Å². The van der Waals surface area contributed by atoms with Crippen molar-refractivity contribution in [2.24, 2.45) is 0 Å². The number of ether oxygens (including phenoxy) is 4. The number of nitrogens with zero attached hydrogens (tertiary/aromatic N) is 6. The van der Waals surface area contributed by atoms with Crippen LogP contribution in [0.15, 0.2) is 77.4 Å². The predicted molar refractivity (Wildman–Crippen MR) is 212 cm³/mol. The molecule has 1 amide bonds. The van der Waals surface area contributed by atoms with Crippen molar-refractivity contribution in [1.29, 1.82) is 0 Å². The molecule has 16 heteroatoms. The van der Waals surface area contributed by atoms with Crippen LogP contribution in [0.4, 0.5) is 4.79 Å². The van der Waals surface area contributed by atoms with Crippen molar-refractivity contribution in [2.75, 3.05) is 48.1 Å². The second-order valence-electron chi connectivity index (χ2n) is 14.1. The third-order valence-electron chi connectivity index (χ3n) is 10.4. The Balaban J connectivity index is 1.17. The van der Waals surface area contributed by atoms with Crippen LogP contribution in [0.25, 0.3) is 39.5 Å². The van der Waals surface area contributed by atoms with Gasteiger partial charge in [0.25, 0.3) is 0 Å². The monoisotopic (exact) mass is 792 g/mol. The normalized spacial score (nSPS) is 14.5. The summed E-state index contributed by atoms with van der Waals surface area (Å²) < 4.78 is 29.6. The maximum absolute atomic E-state index is 12.7. The van der Waals surface area contributed by atoms with E-state index in [1.165, 1.54) is 36.9 Å². The largest absolute Gasteiger partial charge is 0.508 e. The van der Waals surface area contributed by atoms with Gasteiger partial charge >= 0.3 is 12.1 Å². The highest BCUT2D eigenvalue weighted by molar-refractivity contribution is 5.82. The van der Waals surface area contributed by atoms with Crippen LogP contribution in [0.3, 0.4) is 0 Å². The molecule has 1 fully saturated rings. The fraction of sp³-hybridized carbons (Fsp3) is 0.286. The van der Waals surface area contributed by atoms with Crippen LogP contribution >= 0.6 is 0 Å². The molecule has 0 aliphatic carbocycles. The van der Waals surface area contributed by atoms with Crippen LogP contribution in [0, 0.1) is 0 Å². The van der Waals surface area contributed by atoms with Crippen LogP contribution in [0.1, 0.15) is 42.5 Å². The number of phenolic OH excluding ortho intramolecular Hbond substituents is 2. The fourth-order valence-electron chi connectivity index (χ4n) is 7.44. The zero-order valence-corrected chi connectivity index (χ0v) is 32.8. The topological polar surface area (TPSA) is 198 Å². The summed E-state index contributed by atoms with van der Waals surface area (Å²) in [6.45, 7) is 5.44. The predicted octanol–water partition coefficient (Wildman–Crippen LogP) is 7.07. The van der Waals surface area contributed by atoms with Crippen molar-refractivity contribution in [1.82, 2.24) is 29.7 Å². The SMILES string of the molecule is COc1ccc(-c2cnoc2-c2cc(OC)c(OC)c(OC)c2)cc1C1CN(Cc2ccc(-n3c(O)nnc3-c3cc(C(C)C)c(O)cc3O)cc2)CCN1C(=O)O. The Morgan fingerprint density at radius 1 is 0.810 bits per heavy atom. The molecule has 0 bridgehead atoms. The minimum absolute atomic E-state index is 0.0348. The van der Waals surface area contributed by atoms with E-state index in [1.807, 2.05) is 56.3 Å². The molecule has 0 saturated carbocycles. The zero-order valence-electron chi connectivity index (χ0n) is 32.8. The lowest BCUT2D eigenvalue weighted by molar-refractivity contribution is 0.0631. The summed E-state index contributed by atoms with van der Waals surface area (Å²) in [5, 5.41) is 54.3. The van der Waals surface area contributed by atoms with E-state index in [0.29, 0.717) is 81.9 Å². The van der Waals surface area contributed by atoms with E-state index < -0.39 is 12.1 Å². The van der Waals surface area contributed by atoms with Gasteiger partial charge < -0.3 is 43.9 Å². The van der Waals surface area contributed by atoms with E-state index in [4.69, 9.17) is 23.5 Å². The van der Waals surface area contributed by atoms with Crippen molar-refractivity contribution in [2.45, 2.75) is 32.4 Å². The summed E-state index contributed by atoms with van der Waals surface area (Å²) in [6, 6.07) is 18.5. The summed E-state index contributed by atoms with van der Waals surface area (Å²) >= 11 is 0. The van der Waals surface area contributed by atoms with E-state index in [1.54, 1.807) is 31.5 Å². The Labute approximate surface area is 334 Å². The first-order valence-electron chi connectivity index (χ1n) is 18.4. The van der Waals surface area contributed by atoms with Gasteiger partial charge in [-0.15, -0.1) is 5.10 Å². The van der Waals surface area contributed by atoms with Crippen molar-refractivity contribution in [3.8, 4) is 80.0 Å². The number of methoxy groups -OCH3 is 4. The van der Waals surface area contributed by atoms with Crippen LogP contribution in [-0.2, 0) is 6.54 Å². The molecule has 6 aromatic rings. The minimum atomic E-state index is -1.05. The van der Waals surface area contributed by atoms with Gasteiger partial charge in [-0.3, -0.25) is 9.80 Å². The molecule has 0 spiro atoms. The molecule has 1 unspecified atom stereocenters. The molecule has 0 radical (unpaired) electrons. The molecule has 1 aliphatic heterocycles. The van der Waals surface area contributed by atoms with Crippen LogP contribution in [0.5, 0.6) is 40.5 Å². The van der Waals surface area contributed by atoms with Crippen molar-refractivity contribution >= 4 is 6.09 Å². The van der Waals surface area contributed by atoms with E-state index in [0.717, 1.165) is 11.1 Å². The minimum Gasteiger partial charge on any atom is -0.508 e. The van der Waals surface area contributed by atoms with Gasteiger partial charge in [0.15, 0.2) is 23.1 Å². The summed E-state index contributed by atoms with van der Waals surface area (Å²) in [5.41, 5.74) is 5.12. The number of phenols is 2. The second kappa shape index (κ2) is 16.3. The average molecular weight is 793 g/mol.